The van der Waals surface area contributed by atoms with Crippen LogP contribution in [0.15, 0.2) is 18.2 Å². The van der Waals surface area contributed by atoms with Crippen molar-refractivity contribution in [3.05, 3.63) is 29.3 Å². The summed E-state index contributed by atoms with van der Waals surface area (Å²) >= 11 is 0. The summed E-state index contributed by atoms with van der Waals surface area (Å²) in [6.07, 6.45) is 0.955. The van der Waals surface area contributed by atoms with Gasteiger partial charge in [0.25, 0.3) is 0 Å². The van der Waals surface area contributed by atoms with Gasteiger partial charge in [0.2, 0.25) is 5.91 Å². The third-order valence-electron chi connectivity index (χ3n) is 2.37. The van der Waals surface area contributed by atoms with E-state index in [2.05, 4.69) is 5.32 Å². The fourth-order valence-electron chi connectivity index (χ4n) is 1.37. The Morgan fingerprint density at radius 3 is 2.71 bits per heavy atom. The summed E-state index contributed by atoms with van der Waals surface area (Å²) in [6.45, 7) is 2.27. The van der Waals surface area contributed by atoms with Gasteiger partial charge in [0.1, 0.15) is 0 Å². The van der Waals surface area contributed by atoms with Crippen molar-refractivity contribution < 1.29 is 14.7 Å². The van der Waals surface area contributed by atoms with Crippen molar-refractivity contribution in [2.45, 2.75) is 19.8 Å². The van der Waals surface area contributed by atoms with Crippen molar-refractivity contribution in [3.63, 3.8) is 0 Å². The van der Waals surface area contributed by atoms with Gasteiger partial charge in [-0.3, -0.25) is 4.79 Å². The first-order chi connectivity index (χ1) is 8.04. The lowest BCUT2D eigenvalue weighted by Crippen LogP contribution is -2.14. The molecular weight excluding hydrogens is 220 g/mol. The van der Waals surface area contributed by atoms with Gasteiger partial charge in [-0.25, -0.2) is 4.79 Å². The van der Waals surface area contributed by atoms with Crippen LogP contribution >= 0.6 is 0 Å². The second kappa shape index (κ2) is 6.00. The number of carbonyl (C=O) groups is 2. The minimum absolute atomic E-state index is 0.152. The average Bonchev–Trinajstić information content (AvgIpc) is 2.29. The summed E-state index contributed by atoms with van der Waals surface area (Å²) in [5.41, 5.74) is 6.83. The number of anilines is 1. The van der Waals surface area contributed by atoms with Crippen LogP contribution in [0.4, 0.5) is 5.69 Å². The first-order valence-corrected chi connectivity index (χ1v) is 5.38. The van der Waals surface area contributed by atoms with E-state index in [0.717, 1.165) is 5.56 Å². The van der Waals surface area contributed by atoms with Gasteiger partial charge in [-0.05, 0) is 37.6 Å². The molecule has 0 aliphatic heterocycles. The zero-order valence-electron chi connectivity index (χ0n) is 9.69. The maximum atomic E-state index is 11.5. The van der Waals surface area contributed by atoms with E-state index in [1.54, 1.807) is 6.07 Å². The van der Waals surface area contributed by atoms with Crippen LogP contribution in [-0.2, 0) is 4.79 Å². The lowest BCUT2D eigenvalue weighted by atomic mass is 10.1. The van der Waals surface area contributed by atoms with Crippen molar-refractivity contribution >= 4 is 17.6 Å². The summed E-state index contributed by atoms with van der Waals surface area (Å²) < 4.78 is 0. The standard InChI is InChI=1S/C12H16N2O3/c1-8-4-5-9(12(16)17)7-10(8)14-11(15)3-2-6-13/h4-5,7H,2-3,6,13H2,1H3,(H,14,15)(H,16,17). The first kappa shape index (κ1) is 13.2. The number of nitrogens with two attached hydrogens (primary N) is 1. The van der Waals surface area contributed by atoms with Gasteiger partial charge in [-0.1, -0.05) is 6.07 Å². The summed E-state index contributed by atoms with van der Waals surface area (Å²) in [6, 6.07) is 4.63. The molecule has 0 atom stereocenters. The van der Waals surface area contributed by atoms with E-state index < -0.39 is 5.97 Å². The molecule has 5 nitrogen and oxygen atoms in total. The highest BCUT2D eigenvalue weighted by Gasteiger charge is 2.08. The highest BCUT2D eigenvalue weighted by Crippen LogP contribution is 2.17. The second-order valence-corrected chi connectivity index (χ2v) is 3.78. The fourth-order valence-corrected chi connectivity index (χ4v) is 1.37. The molecule has 1 aromatic rings. The van der Waals surface area contributed by atoms with Gasteiger partial charge >= 0.3 is 5.97 Å². The number of aromatic carboxylic acids is 1. The van der Waals surface area contributed by atoms with Gasteiger partial charge in [0, 0.05) is 12.1 Å². The van der Waals surface area contributed by atoms with E-state index >= 15 is 0 Å². The van der Waals surface area contributed by atoms with Gasteiger partial charge < -0.3 is 16.2 Å². The van der Waals surface area contributed by atoms with E-state index in [1.165, 1.54) is 12.1 Å². The molecule has 1 rings (SSSR count). The number of hydrogen-bond acceptors (Lipinski definition) is 3. The summed E-state index contributed by atoms with van der Waals surface area (Å²) in [5, 5.41) is 11.5. The Morgan fingerprint density at radius 2 is 2.12 bits per heavy atom. The van der Waals surface area contributed by atoms with Crippen molar-refractivity contribution in [1.29, 1.82) is 0 Å². The third-order valence-corrected chi connectivity index (χ3v) is 2.37. The van der Waals surface area contributed by atoms with Crippen LogP contribution in [0.1, 0.15) is 28.8 Å². The molecule has 0 bridgehead atoms. The summed E-state index contributed by atoms with van der Waals surface area (Å²) in [7, 11) is 0. The number of carbonyl (C=O) groups excluding carboxylic acids is 1. The van der Waals surface area contributed by atoms with Crippen LogP contribution < -0.4 is 11.1 Å². The first-order valence-electron chi connectivity index (χ1n) is 5.38. The Kier molecular flexibility index (Phi) is 4.66. The number of carboxylic acid groups (broad SMARTS) is 1. The SMILES string of the molecule is Cc1ccc(C(=O)O)cc1NC(=O)CCCN. The number of carboxylic acids is 1. The molecule has 0 heterocycles. The molecule has 4 N–H and O–H groups in total. The van der Waals surface area contributed by atoms with Crippen LogP contribution in [0.5, 0.6) is 0 Å². The van der Waals surface area contributed by atoms with Gasteiger partial charge in [0.15, 0.2) is 0 Å². The number of benzene rings is 1. The summed E-state index contributed by atoms with van der Waals surface area (Å²) in [5.74, 6) is -1.16. The zero-order valence-corrected chi connectivity index (χ0v) is 9.69. The Balaban J connectivity index is 2.79. The molecule has 0 aliphatic rings. The predicted molar refractivity (Wildman–Crippen MR) is 65.1 cm³/mol. The summed E-state index contributed by atoms with van der Waals surface area (Å²) in [4.78, 5) is 22.3. The maximum absolute atomic E-state index is 11.5. The lowest BCUT2D eigenvalue weighted by Gasteiger charge is -2.09. The molecule has 17 heavy (non-hydrogen) atoms. The average molecular weight is 236 g/mol. The largest absolute Gasteiger partial charge is 0.478 e. The quantitative estimate of drug-likeness (QED) is 0.719. The molecule has 0 spiro atoms. The van der Waals surface area contributed by atoms with Crippen LogP contribution in [-0.4, -0.2) is 23.5 Å². The minimum atomic E-state index is -1.01. The number of hydrogen-bond donors (Lipinski definition) is 3. The number of rotatable bonds is 5. The van der Waals surface area contributed by atoms with Crippen LogP contribution in [0, 0.1) is 6.92 Å². The van der Waals surface area contributed by atoms with Crippen LogP contribution in [0.25, 0.3) is 0 Å². The maximum Gasteiger partial charge on any atom is 0.335 e. The highest BCUT2D eigenvalue weighted by atomic mass is 16.4. The molecule has 1 aromatic carbocycles. The smallest absolute Gasteiger partial charge is 0.335 e. The fraction of sp³-hybridized carbons (Fsp3) is 0.333. The van der Waals surface area contributed by atoms with Gasteiger partial charge in [-0.15, -0.1) is 0 Å². The minimum Gasteiger partial charge on any atom is -0.478 e. The van der Waals surface area contributed by atoms with Gasteiger partial charge in [0.05, 0.1) is 5.56 Å². The van der Waals surface area contributed by atoms with Crippen LogP contribution in [0.2, 0.25) is 0 Å². The van der Waals surface area contributed by atoms with E-state index in [0.29, 0.717) is 25.1 Å². The van der Waals surface area contributed by atoms with Crippen molar-refractivity contribution in [1.82, 2.24) is 0 Å². The van der Waals surface area contributed by atoms with E-state index in [-0.39, 0.29) is 11.5 Å². The Hall–Kier alpha value is -1.88. The third kappa shape index (κ3) is 3.88. The highest BCUT2D eigenvalue weighted by molar-refractivity contribution is 5.94. The van der Waals surface area contributed by atoms with Gasteiger partial charge in [-0.2, -0.15) is 0 Å². The molecule has 0 saturated heterocycles. The molecule has 1 amide bonds. The molecule has 5 heteroatoms. The van der Waals surface area contributed by atoms with Crippen molar-refractivity contribution in [2.75, 3.05) is 11.9 Å². The predicted octanol–water partition coefficient (Wildman–Crippen LogP) is 1.37. The zero-order chi connectivity index (χ0) is 12.8. The van der Waals surface area contributed by atoms with E-state index in [1.807, 2.05) is 6.92 Å². The lowest BCUT2D eigenvalue weighted by molar-refractivity contribution is -0.116. The normalized spacial score (nSPS) is 10.0. The molecule has 0 saturated carbocycles. The molecule has 0 fully saturated rings. The van der Waals surface area contributed by atoms with E-state index in [9.17, 15) is 9.59 Å². The Bertz CT molecular complexity index is 430. The molecule has 0 aromatic heterocycles. The van der Waals surface area contributed by atoms with Crippen molar-refractivity contribution in [3.8, 4) is 0 Å². The second-order valence-electron chi connectivity index (χ2n) is 3.78. The molecule has 92 valence electrons. The Morgan fingerprint density at radius 1 is 1.41 bits per heavy atom. The van der Waals surface area contributed by atoms with E-state index in [4.69, 9.17) is 10.8 Å². The Labute approximate surface area is 99.6 Å². The molecule has 0 radical (unpaired) electrons. The topological polar surface area (TPSA) is 92.4 Å². The molecule has 0 aliphatic carbocycles. The number of amides is 1. The number of aryl methyl sites for hydroxylation is 1. The molecular formula is C12H16N2O3. The monoisotopic (exact) mass is 236 g/mol. The van der Waals surface area contributed by atoms with Crippen molar-refractivity contribution in [2.24, 2.45) is 5.73 Å². The number of nitrogens with one attached hydrogen (secondary N) is 1. The molecule has 0 unspecified atom stereocenters. The van der Waals surface area contributed by atoms with Crippen LogP contribution in [0.3, 0.4) is 0 Å².